The summed E-state index contributed by atoms with van der Waals surface area (Å²) < 4.78 is 5.10. The third kappa shape index (κ3) is 4.26. The SMILES string of the molecule is COc1ccc(C(=O)N(CC(=O)O)CC(C)C)c(C)c1. The van der Waals surface area contributed by atoms with Gasteiger partial charge in [-0.2, -0.15) is 0 Å². The van der Waals surface area contributed by atoms with Gasteiger partial charge in [0.25, 0.3) is 5.91 Å². The first-order valence-corrected chi connectivity index (χ1v) is 6.50. The molecule has 0 saturated heterocycles. The van der Waals surface area contributed by atoms with Gasteiger partial charge in [-0.05, 0) is 36.6 Å². The lowest BCUT2D eigenvalue weighted by Crippen LogP contribution is -2.38. The number of aryl methyl sites for hydroxylation is 1. The molecular weight excluding hydrogens is 258 g/mol. The van der Waals surface area contributed by atoms with Gasteiger partial charge in [-0.1, -0.05) is 13.8 Å². The quantitative estimate of drug-likeness (QED) is 0.866. The lowest BCUT2D eigenvalue weighted by molar-refractivity contribution is -0.137. The van der Waals surface area contributed by atoms with Crippen molar-refractivity contribution < 1.29 is 19.4 Å². The topological polar surface area (TPSA) is 66.8 Å². The minimum Gasteiger partial charge on any atom is -0.497 e. The van der Waals surface area contributed by atoms with Crippen LogP contribution in [0.5, 0.6) is 5.75 Å². The second kappa shape index (κ2) is 6.93. The monoisotopic (exact) mass is 279 g/mol. The van der Waals surface area contributed by atoms with Crippen LogP contribution in [-0.4, -0.2) is 42.1 Å². The van der Waals surface area contributed by atoms with Crippen molar-refractivity contribution in [3.05, 3.63) is 29.3 Å². The number of hydrogen-bond donors (Lipinski definition) is 1. The zero-order chi connectivity index (χ0) is 15.3. The van der Waals surface area contributed by atoms with Gasteiger partial charge in [0.15, 0.2) is 0 Å². The van der Waals surface area contributed by atoms with Gasteiger partial charge in [0.2, 0.25) is 0 Å². The highest BCUT2D eigenvalue weighted by molar-refractivity contribution is 5.97. The van der Waals surface area contributed by atoms with E-state index in [9.17, 15) is 9.59 Å². The number of ether oxygens (including phenoxy) is 1. The highest BCUT2D eigenvalue weighted by Gasteiger charge is 2.21. The smallest absolute Gasteiger partial charge is 0.323 e. The molecule has 0 spiro atoms. The minimum atomic E-state index is -1.01. The fourth-order valence-electron chi connectivity index (χ4n) is 2.00. The molecule has 0 radical (unpaired) electrons. The number of carbonyl (C=O) groups is 2. The molecule has 1 aromatic rings. The summed E-state index contributed by atoms with van der Waals surface area (Å²) in [6, 6.07) is 5.14. The molecule has 0 aromatic heterocycles. The first-order valence-electron chi connectivity index (χ1n) is 6.50. The molecule has 20 heavy (non-hydrogen) atoms. The molecule has 0 fully saturated rings. The highest BCUT2D eigenvalue weighted by Crippen LogP contribution is 2.18. The van der Waals surface area contributed by atoms with Crippen molar-refractivity contribution in [3.63, 3.8) is 0 Å². The first-order chi connectivity index (χ1) is 9.35. The van der Waals surface area contributed by atoms with E-state index in [1.807, 2.05) is 20.8 Å². The van der Waals surface area contributed by atoms with Gasteiger partial charge in [-0.25, -0.2) is 0 Å². The molecule has 5 heteroatoms. The number of aliphatic carboxylic acids is 1. The van der Waals surface area contributed by atoms with Crippen LogP contribution < -0.4 is 4.74 Å². The maximum Gasteiger partial charge on any atom is 0.323 e. The van der Waals surface area contributed by atoms with E-state index >= 15 is 0 Å². The van der Waals surface area contributed by atoms with Gasteiger partial charge in [0.05, 0.1) is 7.11 Å². The third-order valence-corrected chi connectivity index (χ3v) is 2.86. The standard InChI is InChI=1S/C15H21NO4/c1-10(2)8-16(9-14(17)18)15(19)13-6-5-12(20-4)7-11(13)3/h5-7,10H,8-9H2,1-4H3,(H,17,18). The van der Waals surface area contributed by atoms with Crippen molar-refractivity contribution in [2.45, 2.75) is 20.8 Å². The van der Waals surface area contributed by atoms with Gasteiger partial charge >= 0.3 is 5.97 Å². The summed E-state index contributed by atoms with van der Waals surface area (Å²) in [4.78, 5) is 24.7. The number of carboxylic acid groups (broad SMARTS) is 1. The summed E-state index contributed by atoms with van der Waals surface area (Å²) in [6.07, 6.45) is 0. The van der Waals surface area contributed by atoms with Crippen LogP contribution in [0.2, 0.25) is 0 Å². The summed E-state index contributed by atoms with van der Waals surface area (Å²) in [5.74, 6) is -0.393. The Labute approximate surface area is 119 Å². The average molecular weight is 279 g/mol. The van der Waals surface area contributed by atoms with E-state index in [0.29, 0.717) is 17.9 Å². The maximum atomic E-state index is 12.5. The van der Waals surface area contributed by atoms with E-state index in [1.165, 1.54) is 4.90 Å². The molecule has 0 heterocycles. The summed E-state index contributed by atoms with van der Waals surface area (Å²) in [5, 5.41) is 8.93. The van der Waals surface area contributed by atoms with E-state index in [-0.39, 0.29) is 18.4 Å². The zero-order valence-electron chi connectivity index (χ0n) is 12.3. The van der Waals surface area contributed by atoms with Crippen molar-refractivity contribution in [3.8, 4) is 5.75 Å². The molecule has 110 valence electrons. The van der Waals surface area contributed by atoms with Crippen LogP contribution in [0, 0.1) is 12.8 Å². The largest absolute Gasteiger partial charge is 0.497 e. The molecule has 0 bridgehead atoms. The van der Waals surface area contributed by atoms with Gasteiger partial charge in [0, 0.05) is 12.1 Å². The number of carboxylic acids is 1. The Morgan fingerprint density at radius 2 is 2.00 bits per heavy atom. The number of rotatable bonds is 6. The Hall–Kier alpha value is -2.04. The molecule has 0 aliphatic carbocycles. The van der Waals surface area contributed by atoms with Crippen molar-refractivity contribution in [2.75, 3.05) is 20.2 Å². The molecule has 0 atom stereocenters. The van der Waals surface area contributed by atoms with Gasteiger partial charge in [-0.3, -0.25) is 9.59 Å². The van der Waals surface area contributed by atoms with E-state index in [2.05, 4.69) is 0 Å². The van der Waals surface area contributed by atoms with E-state index in [1.54, 1.807) is 25.3 Å². The molecule has 0 aliphatic rings. The van der Waals surface area contributed by atoms with Crippen LogP contribution in [0.4, 0.5) is 0 Å². The van der Waals surface area contributed by atoms with Crippen LogP contribution in [0.15, 0.2) is 18.2 Å². The van der Waals surface area contributed by atoms with E-state index in [0.717, 1.165) is 5.56 Å². The predicted octanol–water partition coefficient (Wildman–Crippen LogP) is 2.19. The number of hydrogen-bond acceptors (Lipinski definition) is 3. The number of nitrogens with zero attached hydrogens (tertiary/aromatic N) is 1. The Bertz CT molecular complexity index is 497. The fourth-order valence-corrected chi connectivity index (χ4v) is 2.00. The molecule has 1 rings (SSSR count). The molecule has 0 aliphatic heterocycles. The molecular formula is C15H21NO4. The zero-order valence-corrected chi connectivity index (χ0v) is 12.3. The molecule has 1 N–H and O–H groups in total. The van der Waals surface area contributed by atoms with Gasteiger partial charge in [-0.15, -0.1) is 0 Å². The lowest BCUT2D eigenvalue weighted by Gasteiger charge is -2.23. The predicted molar refractivity (Wildman–Crippen MR) is 76.1 cm³/mol. The number of carbonyl (C=O) groups excluding carboxylic acids is 1. The maximum absolute atomic E-state index is 12.5. The third-order valence-electron chi connectivity index (χ3n) is 2.86. The van der Waals surface area contributed by atoms with Crippen LogP contribution in [0.3, 0.4) is 0 Å². The van der Waals surface area contributed by atoms with Crippen LogP contribution >= 0.6 is 0 Å². The lowest BCUT2D eigenvalue weighted by atomic mass is 10.1. The minimum absolute atomic E-state index is 0.205. The van der Waals surface area contributed by atoms with Crippen LogP contribution in [-0.2, 0) is 4.79 Å². The van der Waals surface area contributed by atoms with E-state index in [4.69, 9.17) is 9.84 Å². The average Bonchev–Trinajstić information content (AvgIpc) is 2.35. The number of amides is 1. The van der Waals surface area contributed by atoms with Crippen molar-refractivity contribution >= 4 is 11.9 Å². The summed E-state index contributed by atoms with van der Waals surface area (Å²) in [6.45, 7) is 5.83. The molecule has 5 nitrogen and oxygen atoms in total. The first kappa shape index (κ1) is 16.0. The Balaban J connectivity index is 3.01. The Kier molecular flexibility index (Phi) is 5.55. The van der Waals surface area contributed by atoms with Crippen molar-refractivity contribution in [1.29, 1.82) is 0 Å². The highest BCUT2D eigenvalue weighted by atomic mass is 16.5. The van der Waals surface area contributed by atoms with E-state index < -0.39 is 5.97 Å². The van der Waals surface area contributed by atoms with Gasteiger partial charge in [0.1, 0.15) is 12.3 Å². The fraction of sp³-hybridized carbons (Fsp3) is 0.467. The van der Waals surface area contributed by atoms with Crippen molar-refractivity contribution in [2.24, 2.45) is 5.92 Å². The molecule has 0 saturated carbocycles. The second-order valence-corrected chi connectivity index (χ2v) is 5.15. The molecule has 1 aromatic carbocycles. The normalized spacial score (nSPS) is 10.4. The van der Waals surface area contributed by atoms with Crippen LogP contribution in [0.25, 0.3) is 0 Å². The Morgan fingerprint density at radius 3 is 2.45 bits per heavy atom. The Morgan fingerprint density at radius 1 is 1.35 bits per heavy atom. The summed E-state index contributed by atoms with van der Waals surface area (Å²) in [7, 11) is 1.56. The molecule has 0 unspecified atom stereocenters. The second-order valence-electron chi connectivity index (χ2n) is 5.15. The van der Waals surface area contributed by atoms with Crippen LogP contribution in [0.1, 0.15) is 29.8 Å². The summed E-state index contributed by atoms with van der Waals surface area (Å²) >= 11 is 0. The van der Waals surface area contributed by atoms with Crippen molar-refractivity contribution in [1.82, 2.24) is 4.90 Å². The summed E-state index contributed by atoms with van der Waals surface area (Å²) in [5.41, 5.74) is 1.28. The van der Waals surface area contributed by atoms with Gasteiger partial charge < -0.3 is 14.7 Å². The number of methoxy groups -OCH3 is 1. The number of benzene rings is 1. The molecule has 1 amide bonds.